The van der Waals surface area contributed by atoms with Gasteiger partial charge in [-0.3, -0.25) is 9.59 Å². The first-order valence-corrected chi connectivity index (χ1v) is 5.67. The molecule has 0 heterocycles. The van der Waals surface area contributed by atoms with E-state index in [9.17, 15) is 9.59 Å². The zero-order valence-electron chi connectivity index (χ0n) is 10.5. The van der Waals surface area contributed by atoms with Gasteiger partial charge < -0.3 is 14.7 Å². The van der Waals surface area contributed by atoms with Crippen LogP contribution in [0.1, 0.15) is 19.3 Å². The summed E-state index contributed by atoms with van der Waals surface area (Å²) in [7, 11) is 3.25. The van der Waals surface area contributed by atoms with Gasteiger partial charge in [-0.05, 0) is 30.7 Å². The second-order valence-electron chi connectivity index (χ2n) is 3.90. The van der Waals surface area contributed by atoms with Gasteiger partial charge in [-0.15, -0.1) is 0 Å². The number of hydrogen-bond acceptors (Lipinski definition) is 3. The molecule has 0 aliphatic carbocycles. The van der Waals surface area contributed by atoms with Crippen LogP contribution in [0.4, 0.5) is 5.69 Å². The van der Waals surface area contributed by atoms with E-state index in [1.54, 1.807) is 38.4 Å². The Balaban J connectivity index is 2.54. The molecular weight excluding hydrogens is 234 g/mol. The fourth-order valence-corrected chi connectivity index (χ4v) is 1.51. The van der Waals surface area contributed by atoms with E-state index in [1.165, 1.54) is 4.90 Å². The van der Waals surface area contributed by atoms with Crippen molar-refractivity contribution in [3.63, 3.8) is 0 Å². The Morgan fingerprint density at radius 3 is 2.33 bits per heavy atom. The highest BCUT2D eigenvalue weighted by molar-refractivity contribution is 5.92. The Kier molecular flexibility index (Phi) is 5.17. The average Bonchev–Trinajstić information content (AvgIpc) is 2.37. The van der Waals surface area contributed by atoms with Crippen LogP contribution in [0.25, 0.3) is 0 Å². The maximum Gasteiger partial charge on any atom is 0.303 e. The van der Waals surface area contributed by atoms with Gasteiger partial charge in [-0.25, -0.2) is 0 Å². The largest absolute Gasteiger partial charge is 0.497 e. The summed E-state index contributed by atoms with van der Waals surface area (Å²) >= 11 is 0. The van der Waals surface area contributed by atoms with E-state index in [0.717, 1.165) is 11.4 Å². The molecule has 0 bridgehead atoms. The zero-order valence-corrected chi connectivity index (χ0v) is 10.5. The molecule has 0 aliphatic rings. The van der Waals surface area contributed by atoms with Gasteiger partial charge in [0.15, 0.2) is 0 Å². The van der Waals surface area contributed by atoms with E-state index < -0.39 is 5.97 Å². The molecule has 1 aromatic rings. The molecule has 1 aromatic carbocycles. The maximum atomic E-state index is 11.8. The molecule has 0 saturated heterocycles. The van der Waals surface area contributed by atoms with Crippen molar-refractivity contribution >= 4 is 17.6 Å². The van der Waals surface area contributed by atoms with Crippen molar-refractivity contribution in [2.24, 2.45) is 0 Å². The highest BCUT2D eigenvalue weighted by Crippen LogP contribution is 2.19. The summed E-state index contributed by atoms with van der Waals surface area (Å²) in [5, 5.41) is 8.50. The number of benzene rings is 1. The van der Waals surface area contributed by atoms with Crippen LogP contribution in [0, 0.1) is 0 Å². The van der Waals surface area contributed by atoms with Gasteiger partial charge in [0, 0.05) is 25.6 Å². The third-order valence-corrected chi connectivity index (χ3v) is 2.62. The van der Waals surface area contributed by atoms with Crippen LogP contribution in [0.2, 0.25) is 0 Å². The molecule has 18 heavy (non-hydrogen) atoms. The van der Waals surface area contributed by atoms with Crippen molar-refractivity contribution in [2.75, 3.05) is 19.1 Å². The molecule has 0 aromatic heterocycles. The molecule has 0 unspecified atom stereocenters. The number of methoxy groups -OCH3 is 1. The van der Waals surface area contributed by atoms with Gasteiger partial charge in [-0.1, -0.05) is 0 Å². The van der Waals surface area contributed by atoms with Crippen LogP contribution in [0.15, 0.2) is 24.3 Å². The van der Waals surface area contributed by atoms with Crippen molar-refractivity contribution in [1.82, 2.24) is 0 Å². The standard InChI is InChI=1S/C13H17NO4/c1-14(12(15)4-3-5-13(16)17)10-6-8-11(18-2)9-7-10/h6-9H,3-5H2,1-2H3,(H,16,17). The highest BCUT2D eigenvalue weighted by Gasteiger charge is 2.11. The van der Waals surface area contributed by atoms with E-state index in [0.29, 0.717) is 6.42 Å². The summed E-state index contributed by atoms with van der Waals surface area (Å²) in [6.45, 7) is 0. The van der Waals surface area contributed by atoms with Crippen LogP contribution < -0.4 is 9.64 Å². The maximum absolute atomic E-state index is 11.8. The van der Waals surface area contributed by atoms with Crippen LogP contribution in [0.3, 0.4) is 0 Å². The van der Waals surface area contributed by atoms with Gasteiger partial charge >= 0.3 is 5.97 Å². The van der Waals surface area contributed by atoms with E-state index >= 15 is 0 Å². The first kappa shape index (κ1) is 14.0. The molecule has 1 N–H and O–H groups in total. The number of aliphatic carboxylic acids is 1. The molecule has 0 atom stereocenters. The lowest BCUT2D eigenvalue weighted by atomic mass is 10.2. The van der Waals surface area contributed by atoms with E-state index in [1.807, 2.05) is 0 Å². The van der Waals surface area contributed by atoms with Crippen molar-refractivity contribution < 1.29 is 19.4 Å². The van der Waals surface area contributed by atoms with Crippen molar-refractivity contribution in [3.8, 4) is 5.75 Å². The lowest BCUT2D eigenvalue weighted by Gasteiger charge is -2.17. The molecule has 1 amide bonds. The quantitative estimate of drug-likeness (QED) is 0.838. The van der Waals surface area contributed by atoms with Crippen molar-refractivity contribution in [3.05, 3.63) is 24.3 Å². The van der Waals surface area contributed by atoms with E-state index in [2.05, 4.69) is 0 Å². The van der Waals surface area contributed by atoms with Crippen molar-refractivity contribution in [1.29, 1.82) is 0 Å². The number of hydrogen-bond donors (Lipinski definition) is 1. The number of carbonyl (C=O) groups is 2. The van der Waals surface area contributed by atoms with E-state index in [4.69, 9.17) is 9.84 Å². The molecule has 0 spiro atoms. The SMILES string of the molecule is COc1ccc(N(C)C(=O)CCCC(=O)O)cc1. The minimum atomic E-state index is -0.880. The number of rotatable bonds is 6. The zero-order chi connectivity index (χ0) is 13.5. The second-order valence-corrected chi connectivity index (χ2v) is 3.90. The molecule has 5 heteroatoms. The summed E-state index contributed by atoms with van der Waals surface area (Å²) in [4.78, 5) is 23.6. The Morgan fingerprint density at radius 1 is 1.22 bits per heavy atom. The van der Waals surface area contributed by atoms with Gasteiger partial charge in [0.25, 0.3) is 0 Å². The first-order valence-electron chi connectivity index (χ1n) is 5.67. The Bertz CT molecular complexity index is 414. The molecule has 5 nitrogen and oxygen atoms in total. The van der Waals surface area contributed by atoms with Gasteiger partial charge in [0.1, 0.15) is 5.75 Å². The molecule has 98 valence electrons. The minimum Gasteiger partial charge on any atom is -0.497 e. The predicted molar refractivity (Wildman–Crippen MR) is 67.9 cm³/mol. The fourth-order valence-electron chi connectivity index (χ4n) is 1.51. The van der Waals surface area contributed by atoms with Crippen molar-refractivity contribution in [2.45, 2.75) is 19.3 Å². The first-order chi connectivity index (χ1) is 8.54. The monoisotopic (exact) mass is 251 g/mol. The van der Waals surface area contributed by atoms with Crippen LogP contribution in [-0.4, -0.2) is 31.1 Å². The molecular formula is C13H17NO4. The average molecular weight is 251 g/mol. The van der Waals surface area contributed by atoms with Gasteiger partial charge in [0.05, 0.1) is 7.11 Å². The third-order valence-electron chi connectivity index (χ3n) is 2.62. The van der Waals surface area contributed by atoms with Crippen LogP contribution in [0.5, 0.6) is 5.75 Å². The highest BCUT2D eigenvalue weighted by atomic mass is 16.5. The molecule has 0 radical (unpaired) electrons. The van der Waals surface area contributed by atoms with Gasteiger partial charge in [-0.2, -0.15) is 0 Å². The Hall–Kier alpha value is -2.04. The fraction of sp³-hybridized carbons (Fsp3) is 0.385. The molecule has 1 rings (SSSR count). The minimum absolute atomic E-state index is 0.0161. The molecule has 0 aliphatic heterocycles. The lowest BCUT2D eigenvalue weighted by molar-refractivity contribution is -0.137. The van der Waals surface area contributed by atoms with Crippen LogP contribution in [-0.2, 0) is 9.59 Å². The smallest absolute Gasteiger partial charge is 0.303 e. The van der Waals surface area contributed by atoms with Gasteiger partial charge in [0.2, 0.25) is 5.91 Å². The lowest BCUT2D eigenvalue weighted by Crippen LogP contribution is -2.25. The number of carboxylic acids is 1. The summed E-state index contributed by atoms with van der Waals surface area (Å²) in [5.74, 6) is -0.248. The molecule has 0 fully saturated rings. The summed E-state index contributed by atoms with van der Waals surface area (Å²) in [6.07, 6.45) is 0.603. The number of ether oxygens (including phenoxy) is 1. The number of carboxylic acid groups (broad SMARTS) is 1. The Morgan fingerprint density at radius 2 is 1.83 bits per heavy atom. The van der Waals surface area contributed by atoms with Crippen LogP contribution >= 0.6 is 0 Å². The predicted octanol–water partition coefficient (Wildman–Crippen LogP) is 1.91. The van der Waals surface area contributed by atoms with E-state index in [-0.39, 0.29) is 18.7 Å². The Labute approximate surface area is 106 Å². The summed E-state index contributed by atoms with van der Waals surface area (Å²) in [5.41, 5.74) is 0.760. The number of amides is 1. The summed E-state index contributed by atoms with van der Waals surface area (Å²) in [6, 6.07) is 7.12. The molecule has 0 saturated carbocycles. The number of anilines is 1. The topological polar surface area (TPSA) is 66.8 Å². The third kappa shape index (κ3) is 4.08. The normalized spacial score (nSPS) is 9.89. The summed E-state index contributed by atoms with van der Waals surface area (Å²) < 4.78 is 5.03. The number of carbonyl (C=O) groups excluding carboxylic acids is 1. The second kappa shape index (κ2) is 6.64. The number of nitrogens with zero attached hydrogens (tertiary/aromatic N) is 1.